The van der Waals surface area contributed by atoms with Crippen molar-refractivity contribution in [2.24, 2.45) is 0 Å². The minimum Gasteiger partial charge on any atom is -0.496 e. The van der Waals surface area contributed by atoms with Gasteiger partial charge in [0.25, 0.3) is 5.56 Å². The number of rotatable bonds is 2. The first-order valence-electron chi connectivity index (χ1n) is 5.25. The summed E-state index contributed by atoms with van der Waals surface area (Å²) < 4.78 is 43.5. The number of aromatic nitrogens is 1. The molecule has 2 rings (SSSR count). The van der Waals surface area contributed by atoms with Crippen LogP contribution >= 0.6 is 15.9 Å². The Morgan fingerprint density at radius 2 is 2.05 bits per heavy atom. The van der Waals surface area contributed by atoms with E-state index in [4.69, 9.17) is 4.74 Å². The van der Waals surface area contributed by atoms with Gasteiger partial charge in [0.1, 0.15) is 12.3 Å². The molecule has 1 heterocycles. The van der Waals surface area contributed by atoms with Gasteiger partial charge in [-0.15, -0.1) is 0 Å². The minimum atomic E-state index is -4.44. The lowest BCUT2D eigenvalue weighted by molar-refractivity contribution is -0.141. The Hall–Kier alpha value is -1.50. The molecule has 0 N–H and O–H groups in total. The molecular weight excluding hydrogens is 327 g/mol. The van der Waals surface area contributed by atoms with Crippen LogP contribution in [0.25, 0.3) is 10.8 Å². The molecule has 0 bridgehead atoms. The fourth-order valence-corrected chi connectivity index (χ4v) is 2.28. The van der Waals surface area contributed by atoms with Crippen molar-refractivity contribution in [2.75, 3.05) is 7.11 Å². The number of pyridine rings is 1. The second kappa shape index (κ2) is 4.88. The third-order valence-electron chi connectivity index (χ3n) is 2.58. The second-order valence-corrected chi connectivity index (χ2v) is 4.85. The number of fused-ring (bicyclic) bond motifs is 1. The van der Waals surface area contributed by atoms with Crippen molar-refractivity contribution >= 4 is 26.7 Å². The van der Waals surface area contributed by atoms with E-state index in [9.17, 15) is 18.0 Å². The molecule has 0 aliphatic heterocycles. The van der Waals surface area contributed by atoms with E-state index >= 15 is 0 Å². The molecular formula is C12H9BrF3NO2. The van der Waals surface area contributed by atoms with Crippen molar-refractivity contribution in [3.63, 3.8) is 0 Å². The summed E-state index contributed by atoms with van der Waals surface area (Å²) in [6.07, 6.45) is -3.32. The summed E-state index contributed by atoms with van der Waals surface area (Å²) in [6.45, 7) is -1.32. The number of hydrogen-bond acceptors (Lipinski definition) is 2. The molecule has 0 saturated heterocycles. The summed E-state index contributed by atoms with van der Waals surface area (Å²) in [6, 6.07) is 4.65. The Morgan fingerprint density at radius 1 is 1.37 bits per heavy atom. The van der Waals surface area contributed by atoms with Crippen molar-refractivity contribution < 1.29 is 17.9 Å². The van der Waals surface area contributed by atoms with Crippen molar-refractivity contribution in [2.45, 2.75) is 12.7 Å². The normalized spacial score (nSPS) is 11.8. The summed E-state index contributed by atoms with van der Waals surface area (Å²) >= 11 is 3.25. The molecule has 0 saturated carbocycles. The maximum atomic E-state index is 12.4. The summed E-state index contributed by atoms with van der Waals surface area (Å²) in [5.41, 5.74) is -0.723. The predicted octanol–water partition coefficient (Wildman–Crippen LogP) is 3.33. The van der Waals surface area contributed by atoms with Gasteiger partial charge in [-0.05, 0) is 23.6 Å². The third-order valence-corrected chi connectivity index (χ3v) is 3.03. The van der Waals surface area contributed by atoms with E-state index in [2.05, 4.69) is 15.9 Å². The van der Waals surface area contributed by atoms with Crippen LogP contribution in [0.15, 0.2) is 33.7 Å². The van der Waals surface area contributed by atoms with Crippen molar-refractivity contribution in [1.29, 1.82) is 0 Å². The first-order valence-corrected chi connectivity index (χ1v) is 6.04. The van der Waals surface area contributed by atoms with Crippen molar-refractivity contribution in [3.8, 4) is 5.75 Å². The molecule has 3 nitrogen and oxygen atoms in total. The Morgan fingerprint density at radius 3 is 2.63 bits per heavy atom. The highest BCUT2D eigenvalue weighted by atomic mass is 79.9. The number of alkyl halides is 3. The van der Waals surface area contributed by atoms with E-state index in [-0.39, 0.29) is 11.1 Å². The van der Waals surface area contributed by atoms with E-state index in [0.29, 0.717) is 14.4 Å². The fraction of sp³-hybridized carbons (Fsp3) is 0.250. The molecule has 102 valence electrons. The van der Waals surface area contributed by atoms with E-state index in [1.54, 1.807) is 12.1 Å². The smallest absolute Gasteiger partial charge is 0.406 e. The van der Waals surface area contributed by atoms with Crippen LogP contribution in [0.4, 0.5) is 13.2 Å². The average Bonchev–Trinajstić information content (AvgIpc) is 2.30. The number of halogens is 4. The second-order valence-electron chi connectivity index (χ2n) is 3.94. The average molecular weight is 336 g/mol. The first kappa shape index (κ1) is 13.9. The number of hydrogen-bond donors (Lipinski definition) is 0. The quantitative estimate of drug-likeness (QED) is 0.842. The molecule has 1 aromatic carbocycles. The van der Waals surface area contributed by atoms with Crippen LogP contribution in [0.2, 0.25) is 0 Å². The van der Waals surface area contributed by atoms with Crippen LogP contribution in [0, 0.1) is 0 Å². The van der Waals surface area contributed by atoms with E-state index < -0.39 is 18.3 Å². The van der Waals surface area contributed by atoms with Crippen LogP contribution in [-0.2, 0) is 6.54 Å². The third kappa shape index (κ3) is 2.91. The SMILES string of the molecule is COc1cc(Br)cc2ccn(CC(F)(F)F)c(=O)c12. The zero-order valence-corrected chi connectivity index (χ0v) is 11.4. The predicted molar refractivity (Wildman–Crippen MR) is 68.5 cm³/mol. The molecule has 0 amide bonds. The Kier molecular flexibility index (Phi) is 3.58. The summed E-state index contributed by atoms with van der Waals surface area (Å²) in [5, 5.41) is 0.659. The summed E-state index contributed by atoms with van der Waals surface area (Å²) in [4.78, 5) is 12.1. The Labute approximate surface area is 114 Å². The highest BCUT2D eigenvalue weighted by Crippen LogP contribution is 2.28. The fourth-order valence-electron chi connectivity index (χ4n) is 1.82. The minimum absolute atomic E-state index is 0.137. The standard InChI is InChI=1S/C12H9BrF3NO2/c1-19-9-5-8(13)4-7-2-3-17(6-12(14,15)16)11(18)10(7)9/h2-5H,6H2,1H3. The van der Waals surface area contributed by atoms with Crippen LogP contribution in [0.3, 0.4) is 0 Å². The summed E-state index contributed by atoms with van der Waals surface area (Å²) in [5.74, 6) is 0.242. The molecule has 19 heavy (non-hydrogen) atoms. The van der Waals surface area contributed by atoms with Crippen molar-refractivity contribution in [1.82, 2.24) is 4.57 Å². The van der Waals surface area contributed by atoms with Crippen LogP contribution in [-0.4, -0.2) is 17.9 Å². The van der Waals surface area contributed by atoms with E-state index in [0.717, 1.165) is 6.20 Å². The number of methoxy groups -OCH3 is 1. The molecule has 0 spiro atoms. The van der Waals surface area contributed by atoms with Gasteiger partial charge >= 0.3 is 6.18 Å². The van der Waals surface area contributed by atoms with Gasteiger partial charge in [0, 0.05) is 10.7 Å². The highest BCUT2D eigenvalue weighted by Gasteiger charge is 2.28. The lowest BCUT2D eigenvalue weighted by atomic mass is 10.1. The molecule has 2 aromatic rings. The van der Waals surface area contributed by atoms with E-state index in [1.165, 1.54) is 13.2 Å². The lowest BCUT2D eigenvalue weighted by Gasteiger charge is -2.12. The van der Waals surface area contributed by atoms with Crippen LogP contribution < -0.4 is 10.3 Å². The monoisotopic (exact) mass is 335 g/mol. The van der Waals surface area contributed by atoms with E-state index in [1.807, 2.05) is 0 Å². The maximum Gasteiger partial charge on any atom is 0.406 e. The van der Waals surface area contributed by atoms with Gasteiger partial charge in [-0.1, -0.05) is 15.9 Å². The van der Waals surface area contributed by atoms with Gasteiger partial charge in [0.2, 0.25) is 0 Å². The molecule has 1 aromatic heterocycles. The number of ether oxygens (including phenoxy) is 1. The lowest BCUT2D eigenvalue weighted by Crippen LogP contribution is -2.27. The molecule has 0 aliphatic carbocycles. The molecule has 0 aliphatic rings. The van der Waals surface area contributed by atoms with Crippen LogP contribution in [0.5, 0.6) is 5.75 Å². The molecule has 7 heteroatoms. The zero-order chi connectivity index (χ0) is 14.2. The van der Waals surface area contributed by atoms with Crippen molar-refractivity contribution in [3.05, 3.63) is 39.2 Å². The Bertz CT molecular complexity index is 679. The maximum absolute atomic E-state index is 12.4. The van der Waals surface area contributed by atoms with Gasteiger partial charge in [-0.2, -0.15) is 13.2 Å². The Balaban J connectivity index is 2.70. The highest BCUT2D eigenvalue weighted by molar-refractivity contribution is 9.10. The molecule has 0 radical (unpaired) electrons. The number of benzene rings is 1. The molecule has 0 fully saturated rings. The van der Waals surface area contributed by atoms with Gasteiger partial charge in [-0.3, -0.25) is 4.79 Å². The number of nitrogens with zero attached hydrogens (tertiary/aromatic N) is 1. The van der Waals surface area contributed by atoms with Gasteiger partial charge in [-0.25, -0.2) is 0 Å². The topological polar surface area (TPSA) is 31.2 Å². The van der Waals surface area contributed by atoms with Gasteiger partial charge in [0.15, 0.2) is 0 Å². The largest absolute Gasteiger partial charge is 0.496 e. The van der Waals surface area contributed by atoms with Gasteiger partial charge < -0.3 is 9.30 Å². The molecule has 0 atom stereocenters. The summed E-state index contributed by atoms with van der Waals surface area (Å²) in [7, 11) is 1.36. The van der Waals surface area contributed by atoms with Gasteiger partial charge in [0.05, 0.1) is 12.5 Å². The molecule has 0 unspecified atom stereocenters. The zero-order valence-electron chi connectivity index (χ0n) is 9.79. The van der Waals surface area contributed by atoms with Crippen LogP contribution in [0.1, 0.15) is 0 Å². The first-order chi connectivity index (χ1) is 8.81.